The monoisotopic (exact) mass is 994 g/mol. The lowest BCUT2D eigenvalue weighted by molar-refractivity contribution is -0.125. The molecule has 0 saturated carbocycles. The number of methoxy groups -OCH3 is 1. The van der Waals surface area contributed by atoms with E-state index < -0.39 is 33.5 Å². The second-order valence-corrected chi connectivity index (χ2v) is 20.3. The molecule has 2 fully saturated rings. The number of hydrogen-bond acceptors (Lipinski definition) is 13. The number of aryl methyl sites for hydroxylation is 1. The molecule has 1 atom stereocenters. The number of aromatic nitrogens is 2. The Bertz CT molecular complexity index is 2500. The number of rotatable bonds is 18. The van der Waals surface area contributed by atoms with Gasteiger partial charge in [0.15, 0.2) is 0 Å². The van der Waals surface area contributed by atoms with Gasteiger partial charge in [-0.2, -0.15) is 4.98 Å². The van der Waals surface area contributed by atoms with E-state index >= 15 is 8.78 Å². The van der Waals surface area contributed by atoms with E-state index in [0.717, 1.165) is 81.2 Å². The maximum atomic E-state index is 15.1. The van der Waals surface area contributed by atoms with Crippen LogP contribution in [0.1, 0.15) is 67.7 Å². The molecule has 0 aliphatic carbocycles. The number of carbonyl (C=O) groups excluding carboxylic acids is 2. The Labute approximate surface area is 395 Å². The zero-order valence-corrected chi connectivity index (χ0v) is 41.0. The van der Waals surface area contributed by atoms with Gasteiger partial charge in [0.1, 0.15) is 23.2 Å². The van der Waals surface area contributed by atoms with Gasteiger partial charge >= 0.3 is 0 Å². The fourth-order valence-corrected chi connectivity index (χ4v) is 10.8. The minimum absolute atomic E-state index is 0.00858. The molecule has 19 heteroatoms. The molecule has 3 N–H and O–H groups in total. The Hall–Kier alpha value is -5.11. The summed E-state index contributed by atoms with van der Waals surface area (Å²) in [5, 5.41) is 8.82. The summed E-state index contributed by atoms with van der Waals surface area (Å²) < 4.78 is 63.9. The van der Waals surface area contributed by atoms with Gasteiger partial charge in [-0.25, -0.2) is 22.2 Å². The van der Waals surface area contributed by atoms with Gasteiger partial charge in [0.25, 0.3) is 0 Å². The molecule has 0 bridgehead atoms. The van der Waals surface area contributed by atoms with E-state index in [9.17, 15) is 18.0 Å². The minimum atomic E-state index is -3.52. The predicted molar refractivity (Wildman–Crippen MR) is 260 cm³/mol. The van der Waals surface area contributed by atoms with Gasteiger partial charge in [-0.3, -0.25) is 24.1 Å². The first kappa shape index (κ1) is 48.8. The predicted octanol–water partition coefficient (Wildman–Crippen LogP) is 6.95. The number of sulfonamides is 1. The van der Waals surface area contributed by atoms with Crippen LogP contribution in [0.4, 0.5) is 49.0 Å². The highest BCUT2D eigenvalue weighted by molar-refractivity contribution is 9.10. The number of hydrogen-bond donors (Lipinski definition) is 3. The van der Waals surface area contributed by atoms with Crippen LogP contribution in [0.5, 0.6) is 5.75 Å². The molecular formula is C47H61BrF2N10O5S. The van der Waals surface area contributed by atoms with Crippen molar-refractivity contribution >= 4 is 78.5 Å². The summed E-state index contributed by atoms with van der Waals surface area (Å²) in [6, 6.07) is 11.4. The molecule has 3 aliphatic rings. The minimum Gasteiger partial charge on any atom is -0.494 e. The summed E-state index contributed by atoms with van der Waals surface area (Å²) in [5.41, 5.74) is 6.81. The van der Waals surface area contributed by atoms with Crippen molar-refractivity contribution in [1.29, 1.82) is 0 Å². The first-order chi connectivity index (χ1) is 31.6. The average Bonchev–Trinajstić information content (AvgIpc) is 3.76. The lowest BCUT2D eigenvalue weighted by atomic mass is 9.93. The lowest BCUT2D eigenvalue weighted by Gasteiger charge is -2.43. The van der Waals surface area contributed by atoms with Crippen molar-refractivity contribution in [3.63, 3.8) is 0 Å². The zero-order valence-electron chi connectivity index (χ0n) is 38.6. The molecule has 7 rings (SSSR count). The highest BCUT2D eigenvalue weighted by atomic mass is 79.9. The van der Waals surface area contributed by atoms with Crippen LogP contribution in [0, 0.1) is 11.6 Å². The first-order valence-corrected chi connectivity index (χ1v) is 25.2. The van der Waals surface area contributed by atoms with Crippen LogP contribution in [-0.4, -0.2) is 126 Å². The fraction of sp³-hybridized carbons (Fsp3) is 0.489. The molecule has 4 aromatic rings. The second kappa shape index (κ2) is 21.2. The van der Waals surface area contributed by atoms with Crippen molar-refractivity contribution in [2.45, 2.75) is 70.8 Å². The maximum absolute atomic E-state index is 15.1. The second-order valence-electron chi connectivity index (χ2n) is 17.6. The molecular weight excluding hydrogens is 935 g/mol. The normalized spacial score (nSPS) is 16.5. The highest BCUT2D eigenvalue weighted by Gasteiger charge is 2.33. The number of fused-ring (bicyclic) bond motifs is 1. The van der Waals surface area contributed by atoms with Gasteiger partial charge in [-0.1, -0.05) is 13.8 Å². The molecule has 1 aromatic heterocycles. The fourth-order valence-electron chi connectivity index (χ4n) is 9.55. The number of amides is 2. The zero-order chi connectivity index (χ0) is 47.3. The highest BCUT2D eigenvalue weighted by Crippen LogP contribution is 2.44. The van der Waals surface area contributed by atoms with E-state index in [1.54, 1.807) is 20.2 Å². The van der Waals surface area contributed by atoms with E-state index in [4.69, 9.17) is 9.72 Å². The number of nitrogens with one attached hydrogen (secondary N) is 3. The van der Waals surface area contributed by atoms with Crippen molar-refractivity contribution < 1.29 is 31.5 Å². The van der Waals surface area contributed by atoms with E-state index in [1.165, 1.54) is 28.3 Å². The summed E-state index contributed by atoms with van der Waals surface area (Å²) in [5.74, 6) is -0.690. The van der Waals surface area contributed by atoms with Crippen LogP contribution in [0.25, 0.3) is 0 Å². The third kappa shape index (κ3) is 11.2. The van der Waals surface area contributed by atoms with Crippen molar-refractivity contribution in [2.75, 3.05) is 105 Å². The Morgan fingerprint density at radius 3 is 2.36 bits per heavy atom. The van der Waals surface area contributed by atoms with Gasteiger partial charge in [0, 0.05) is 114 Å². The summed E-state index contributed by atoms with van der Waals surface area (Å²) in [6.45, 7) is 10.4. The number of piperazine rings is 1. The van der Waals surface area contributed by atoms with E-state index in [-0.39, 0.29) is 18.4 Å². The molecule has 2 saturated heterocycles. The Kier molecular flexibility index (Phi) is 15.7. The van der Waals surface area contributed by atoms with Crippen LogP contribution in [-0.2, 0) is 38.9 Å². The van der Waals surface area contributed by atoms with Gasteiger partial charge in [-0.15, -0.1) is 0 Å². The number of anilines is 7. The number of imide groups is 1. The van der Waals surface area contributed by atoms with Crippen molar-refractivity contribution in [3.8, 4) is 5.75 Å². The molecule has 66 heavy (non-hydrogen) atoms. The Morgan fingerprint density at radius 2 is 1.73 bits per heavy atom. The number of ether oxygens (including phenoxy) is 1. The third-order valence-electron chi connectivity index (χ3n) is 13.1. The van der Waals surface area contributed by atoms with Crippen molar-refractivity contribution in [3.05, 3.63) is 81.0 Å². The molecule has 1 unspecified atom stereocenters. The molecule has 4 heterocycles. The van der Waals surface area contributed by atoms with E-state index in [1.807, 2.05) is 31.1 Å². The van der Waals surface area contributed by atoms with Crippen molar-refractivity contribution in [1.82, 2.24) is 25.1 Å². The quantitative estimate of drug-likeness (QED) is 0.0883. The molecule has 3 aliphatic heterocycles. The summed E-state index contributed by atoms with van der Waals surface area (Å²) >= 11 is 3.59. The topological polar surface area (TPSA) is 156 Å². The lowest BCUT2D eigenvalue weighted by Crippen LogP contribution is -2.53. The van der Waals surface area contributed by atoms with Gasteiger partial charge < -0.3 is 30.1 Å². The summed E-state index contributed by atoms with van der Waals surface area (Å²) in [4.78, 5) is 40.9. The molecule has 356 valence electrons. The van der Waals surface area contributed by atoms with Gasteiger partial charge in [0.05, 0.1) is 34.9 Å². The maximum Gasteiger partial charge on any atom is 0.232 e. The van der Waals surface area contributed by atoms with Crippen LogP contribution in [0.15, 0.2) is 47.1 Å². The third-order valence-corrected chi connectivity index (χ3v) is 14.8. The Morgan fingerprint density at radius 1 is 1.02 bits per heavy atom. The average molecular weight is 996 g/mol. The number of carbonyl (C=O) groups is 2. The molecule has 3 aromatic carbocycles. The van der Waals surface area contributed by atoms with Gasteiger partial charge in [0.2, 0.25) is 28.3 Å². The summed E-state index contributed by atoms with van der Waals surface area (Å²) in [7, 11) is 2.03. The van der Waals surface area contributed by atoms with E-state index in [0.29, 0.717) is 77.3 Å². The van der Waals surface area contributed by atoms with Crippen molar-refractivity contribution in [2.24, 2.45) is 0 Å². The van der Waals surface area contributed by atoms with Crippen LogP contribution >= 0.6 is 15.9 Å². The number of nitrogens with zero attached hydrogens (tertiary/aromatic N) is 7. The number of benzene rings is 3. The van der Waals surface area contributed by atoms with Crippen LogP contribution in [0.3, 0.4) is 0 Å². The van der Waals surface area contributed by atoms with Crippen LogP contribution in [0.2, 0.25) is 0 Å². The number of piperidine rings is 1. The largest absolute Gasteiger partial charge is 0.494 e. The molecule has 0 spiro atoms. The smallest absolute Gasteiger partial charge is 0.232 e. The standard InChI is InChI=1S/C47H61BrF2N10O5S/c1-7-32-26-39(54-47-51-28-35(48)46(55-47)53-38-9-10-40(56(3)4)34-15-19-60(45(34)38)66(6,63)64)42(65-5)27-41(32)59-17-13-33(14-18-59)58-22-20-57(21-23-58)16-12-31-24-36(49)44(37(50)25-31)30(2)8-11-43(62)52-29-61/h9-10,24-30,33H,7-8,11-23H2,1-6H3,(H,52,61,62)(H2,51,53,54,55). The van der Waals surface area contributed by atoms with E-state index in [2.05, 4.69) is 70.6 Å². The number of halogens is 3. The SMILES string of the molecule is CCc1cc(Nc2ncc(Br)c(Nc3ccc(N(C)C)c4c3N(S(C)(=O)=O)CC4)n2)c(OC)cc1N1CCC(N2CCN(CCc3cc(F)c(C(C)CCC(=O)NC=O)c(F)c3)CC2)CC1. The molecule has 15 nitrogen and oxygen atoms in total. The molecule has 0 radical (unpaired) electrons. The van der Waals surface area contributed by atoms with Crippen LogP contribution < -0.4 is 34.8 Å². The molecule has 2 amide bonds. The summed E-state index contributed by atoms with van der Waals surface area (Å²) in [6.07, 6.45) is 7.44. The van der Waals surface area contributed by atoms with Gasteiger partial charge in [-0.05, 0) is 102 Å². The Balaban J connectivity index is 0.941. The first-order valence-electron chi connectivity index (χ1n) is 22.6.